The summed E-state index contributed by atoms with van der Waals surface area (Å²) in [6.07, 6.45) is 3.50. The second-order valence-corrected chi connectivity index (χ2v) is 3.96. The van der Waals surface area contributed by atoms with E-state index >= 15 is 0 Å². The molecule has 2 heteroatoms. The Labute approximate surface area is 88.6 Å². The first-order valence-electron chi connectivity index (χ1n) is 5.14. The molecule has 0 N–H and O–H groups in total. The van der Waals surface area contributed by atoms with E-state index in [9.17, 15) is 9.18 Å². The van der Waals surface area contributed by atoms with E-state index in [1.165, 1.54) is 6.07 Å². The summed E-state index contributed by atoms with van der Waals surface area (Å²) >= 11 is 0. The molecule has 1 aliphatic rings. The molecule has 0 radical (unpaired) electrons. The molecule has 0 amide bonds. The van der Waals surface area contributed by atoms with Crippen LogP contribution in [-0.2, 0) is 4.79 Å². The average Bonchev–Trinajstić information content (AvgIpc) is 2.23. The summed E-state index contributed by atoms with van der Waals surface area (Å²) in [6, 6.07) is 5.09. The normalized spacial score (nSPS) is 16.4. The van der Waals surface area contributed by atoms with E-state index in [4.69, 9.17) is 0 Å². The van der Waals surface area contributed by atoms with E-state index in [0.717, 1.165) is 11.1 Å². The van der Waals surface area contributed by atoms with E-state index < -0.39 is 0 Å². The molecule has 0 aromatic heterocycles. The van der Waals surface area contributed by atoms with Crippen LogP contribution in [0.15, 0.2) is 24.3 Å². The fraction of sp³-hybridized carbons (Fsp3) is 0.308. The SMILES string of the molecule is Cc1ccc(F)c(C2=CCC(=O)CC2)c1. The summed E-state index contributed by atoms with van der Waals surface area (Å²) in [6.45, 7) is 1.94. The van der Waals surface area contributed by atoms with Gasteiger partial charge in [-0.3, -0.25) is 4.79 Å². The highest BCUT2D eigenvalue weighted by Gasteiger charge is 2.14. The second kappa shape index (κ2) is 3.97. The van der Waals surface area contributed by atoms with Crippen LogP contribution in [0.1, 0.15) is 30.4 Å². The van der Waals surface area contributed by atoms with Crippen LogP contribution < -0.4 is 0 Å². The maximum Gasteiger partial charge on any atom is 0.137 e. The number of carbonyl (C=O) groups is 1. The van der Waals surface area contributed by atoms with Crippen LogP contribution in [0.4, 0.5) is 4.39 Å². The summed E-state index contributed by atoms with van der Waals surface area (Å²) in [5.74, 6) is 0.0491. The molecule has 1 aliphatic carbocycles. The molecule has 78 valence electrons. The number of hydrogen-bond acceptors (Lipinski definition) is 1. The van der Waals surface area contributed by atoms with Gasteiger partial charge in [0.25, 0.3) is 0 Å². The highest BCUT2D eigenvalue weighted by Crippen LogP contribution is 2.27. The van der Waals surface area contributed by atoms with Gasteiger partial charge in [0, 0.05) is 18.4 Å². The Kier molecular flexibility index (Phi) is 2.67. The summed E-state index contributed by atoms with van der Waals surface area (Å²) in [5.41, 5.74) is 2.67. The molecule has 0 aliphatic heterocycles. The first-order chi connectivity index (χ1) is 7.16. The molecule has 0 atom stereocenters. The van der Waals surface area contributed by atoms with Crippen LogP contribution in [0.25, 0.3) is 5.57 Å². The highest BCUT2D eigenvalue weighted by molar-refractivity contribution is 5.87. The van der Waals surface area contributed by atoms with Crippen molar-refractivity contribution in [1.82, 2.24) is 0 Å². The van der Waals surface area contributed by atoms with E-state index in [1.54, 1.807) is 6.07 Å². The third-order valence-electron chi connectivity index (χ3n) is 2.72. The highest BCUT2D eigenvalue weighted by atomic mass is 19.1. The quantitative estimate of drug-likeness (QED) is 0.686. The van der Waals surface area contributed by atoms with Crippen molar-refractivity contribution in [3.8, 4) is 0 Å². The summed E-state index contributed by atoms with van der Waals surface area (Å²) in [4.78, 5) is 11.1. The van der Waals surface area contributed by atoms with Crippen LogP contribution in [-0.4, -0.2) is 5.78 Å². The zero-order valence-corrected chi connectivity index (χ0v) is 8.72. The third kappa shape index (κ3) is 2.14. The fourth-order valence-electron chi connectivity index (χ4n) is 1.85. The Morgan fingerprint density at radius 3 is 2.73 bits per heavy atom. The van der Waals surface area contributed by atoms with Crippen molar-refractivity contribution >= 4 is 11.4 Å². The second-order valence-electron chi connectivity index (χ2n) is 3.96. The zero-order chi connectivity index (χ0) is 10.8. The minimum absolute atomic E-state index is 0.193. The number of benzene rings is 1. The van der Waals surface area contributed by atoms with Gasteiger partial charge in [-0.1, -0.05) is 17.7 Å². The lowest BCUT2D eigenvalue weighted by Gasteiger charge is -2.13. The number of ketones is 1. The minimum atomic E-state index is -0.193. The number of hydrogen-bond donors (Lipinski definition) is 0. The van der Waals surface area contributed by atoms with Crippen molar-refractivity contribution in [2.24, 2.45) is 0 Å². The van der Waals surface area contributed by atoms with Crippen molar-refractivity contribution in [3.05, 3.63) is 41.2 Å². The number of halogens is 1. The van der Waals surface area contributed by atoms with Gasteiger partial charge in [0.2, 0.25) is 0 Å². The molecule has 0 unspecified atom stereocenters. The van der Waals surface area contributed by atoms with Crippen LogP contribution >= 0.6 is 0 Å². The Bertz CT molecular complexity index is 432. The van der Waals surface area contributed by atoms with Gasteiger partial charge in [-0.05, 0) is 31.1 Å². The lowest BCUT2D eigenvalue weighted by molar-refractivity contribution is -0.118. The maximum absolute atomic E-state index is 13.5. The summed E-state index contributed by atoms with van der Waals surface area (Å²) in [5, 5.41) is 0. The van der Waals surface area contributed by atoms with Gasteiger partial charge >= 0.3 is 0 Å². The van der Waals surface area contributed by atoms with Gasteiger partial charge in [0.15, 0.2) is 0 Å². The lowest BCUT2D eigenvalue weighted by Crippen LogP contribution is -2.04. The van der Waals surface area contributed by atoms with Crippen molar-refractivity contribution in [2.75, 3.05) is 0 Å². The summed E-state index contributed by atoms with van der Waals surface area (Å²) in [7, 11) is 0. The van der Waals surface area contributed by atoms with Crippen LogP contribution in [0.5, 0.6) is 0 Å². The molecule has 0 saturated carbocycles. The topological polar surface area (TPSA) is 17.1 Å². The van der Waals surface area contributed by atoms with Crippen LogP contribution in [0.2, 0.25) is 0 Å². The van der Waals surface area contributed by atoms with Gasteiger partial charge < -0.3 is 0 Å². The number of rotatable bonds is 1. The number of allylic oxidation sites excluding steroid dienone is 2. The van der Waals surface area contributed by atoms with Crippen LogP contribution in [0, 0.1) is 12.7 Å². The van der Waals surface area contributed by atoms with E-state index in [0.29, 0.717) is 24.8 Å². The van der Waals surface area contributed by atoms with Crippen molar-refractivity contribution in [3.63, 3.8) is 0 Å². The smallest absolute Gasteiger partial charge is 0.137 e. The van der Waals surface area contributed by atoms with Gasteiger partial charge in [-0.25, -0.2) is 4.39 Å². The first-order valence-corrected chi connectivity index (χ1v) is 5.14. The first kappa shape index (κ1) is 10.1. The van der Waals surface area contributed by atoms with Crippen LogP contribution in [0.3, 0.4) is 0 Å². The van der Waals surface area contributed by atoms with Gasteiger partial charge in [-0.15, -0.1) is 0 Å². The van der Waals surface area contributed by atoms with E-state index in [-0.39, 0.29) is 11.6 Å². The van der Waals surface area contributed by atoms with Crippen molar-refractivity contribution < 1.29 is 9.18 Å². The molecule has 0 bridgehead atoms. The third-order valence-corrected chi connectivity index (χ3v) is 2.72. The molecular weight excluding hydrogens is 191 g/mol. The van der Waals surface area contributed by atoms with Gasteiger partial charge in [-0.2, -0.15) is 0 Å². The molecular formula is C13H13FO. The Morgan fingerprint density at radius 1 is 1.27 bits per heavy atom. The number of aryl methyl sites for hydroxylation is 1. The number of carbonyl (C=O) groups excluding carboxylic acids is 1. The molecule has 0 spiro atoms. The summed E-state index contributed by atoms with van der Waals surface area (Å²) < 4.78 is 13.5. The van der Waals surface area contributed by atoms with Crippen molar-refractivity contribution in [1.29, 1.82) is 0 Å². The zero-order valence-electron chi connectivity index (χ0n) is 8.72. The van der Waals surface area contributed by atoms with Gasteiger partial charge in [0.05, 0.1) is 0 Å². The monoisotopic (exact) mass is 204 g/mol. The predicted octanol–water partition coefficient (Wildman–Crippen LogP) is 3.27. The molecule has 2 rings (SSSR count). The largest absolute Gasteiger partial charge is 0.299 e. The minimum Gasteiger partial charge on any atom is -0.299 e. The number of Topliss-reactive ketones (excluding diaryl/α,β-unsaturated/α-hetero) is 1. The molecule has 1 aromatic rings. The Balaban J connectivity index is 2.37. The predicted molar refractivity (Wildman–Crippen MR) is 58.0 cm³/mol. The lowest BCUT2D eigenvalue weighted by atomic mass is 9.92. The molecule has 15 heavy (non-hydrogen) atoms. The Morgan fingerprint density at radius 2 is 2.07 bits per heavy atom. The molecule has 0 saturated heterocycles. The van der Waals surface area contributed by atoms with Crippen molar-refractivity contribution in [2.45, 2.75) is 26.2 Å². The average molecular weight is 204 g/mol. The standard InChI is InChI=1S/C13H13FO/c1-9-2-7-13(14)12(8-9)10-3-5-11(15)6-4-10/h2-3,7-8H,4-6H2,1H3. The molecule has 0 heterocycles. The molecule has 0 fully saturated rings. The molecule has 1 nitrogen and oxygen atoms in total. The van der Waals surface area contributed by atoms with E-state index in [1.807, 2.05) is 19.1 Å². The van der Waals surface area contributed by atoms with Gasteiger partial charge in [0.1, 0.15) is 11.6 Å². The Hall–Kier alpha value is -1.44. The molecule has 1 aromatic carbocycles. The fourth-order valence-corrected chi connectivity index (χ4v) is 1.85. The van der Waals surface area contributed by atoms with E-state index in [2.05, 4.69) is 0 Å². The maximum atomic E-state index is 13.5.